The molecule has 0 N–H and O–H groups in total. The van der Waals surface area contributed by atoms with Crippen molar-refractivity contribution in [2.45, 2.75) is 30.8 Å². The zero-order valence-electron chi connectivity index (χ0n) is 19.3. The van der Waals surface area contributed by atoms with E-state index in [0.29, 0.717) is 17.8 Å². The third-order valence-electron chi connectivity index (χ3n) is 6.90. The van der Waals surface area contributed by atoms with Gasteiger partial charge in [0.05, 0.1) is 23.3 Å². The van der Waals surface area contributed by atoms with Gasteiger partial charge in [0.15, 0.2) is 0 Å². The molecule has 6 nitrogen and oxygen atoms in total. The lowest BCUT2D eigenvalue weighted by Crippen LogP contribution is -2.42. The van der Waals surface area contributed by atoms with Crippen molar-refractivity contribution in [3.05, 3.63) is 95.1 Å². The summed E-state index contributed by atoms with van der Waals surface area (Å²) >= 11 is 0. The summed E-state index contributed by atoms with van der Waals surface area (Å²) in [4.78, 5) is 15.0. The smallest absolute Gasteiger partial charge is 0.337 e. The van der Waals surface area contributed by atoms with Crippen LogP contribution in [0.1, 0.15) is 39.5 Å². The van der Waals surface area contributed by atoms with Crippen LogP contribution in [0.25, 0.3) is 0 Å². The number of likely N-dealkylation sites (tertiary alicyclic amines) is 1. The van der Waals surface area contributed by atoms with Crippen molar-refractivity contribution in [2.75, 3.05) is 24.5 Å². The number of esters is 1. The first-order valence-corrected chi connectivity index (χ1v) is 12.9. The average Bonchev–Trinajstić information content (AvgIpc) is 3.26. The first kappa shape index (κ1) is 22.6. The molecule has 1 saturated heterocycles. The molecule has 3 aromatic rings. The third-order valence-corrected chi connectivity index (χ3v) is 8.69. The molecule has 0 aromatic heterocycles. The number of benzene rings is 3. The number of ether oxygens (including phenoxy) is 1. The van der Waals surface area contributed by atoms with E-state index < -0.39 is 16.0 Å². The monoisotopic (exact) mass is 476 g/mol. The van der Waals surface area contributed by atoms with Gasteiger partial charge < -0.3 is 4.74 Å². The number of carbonyl (C=O) groups is 1. The highest BCUT2D eigenvalue weighted by Gasteiger charge is 2.44. The van der Waals surface area contributed by atoms with Gasteiger partial charge in [-0.25, -0.2) is 13.2 Å². The van der Waals surface area contributed by atoms with Crippen LogP contribution < -0.4 is 4.31 Å². The van der Waals surface area contributed by atoms with Crippen molar-refractivity contribution in [2.24, 2.45) is 5.92 Å². The van der Waals surface area contributed by atoms with Gasteiger partial charge in [0.25, 0.3) is 10.0 Å². The molecule has 0 saturated carbocycles. The van der Waals surface area contributed by atoms with Gasteiger partial charge in [-0.2, -0.15) is 0 Å². The van der Waals surface area contributed by atoms with Crippen molar-refractivity contribution in [3.63, 3.8) is 0 Å². The summed E-state index contributed by atoms with van der Waals surface area (Å²) in [7, 11) is -2.39. The molecule has 2 atom stereocenters. The second-order valence-electron chi connectivity index (χ2n) is 9.06. The van der Waals surface area contributed by atoms with E-state index in [1.165, 1.54) is 17.0 Å². The Kier molecular flexibility index (Phi) is 5.91. The molecule has 2 aliphatic rings. The molecule has 0 amide bonds. The number of carbonyl (C=O) groups excluding carboxylic acids is 1. The Balaban J connectivity index is 1.59. The van der Waals surface area contributed by atoms with Crippen molar-refractivity contribution in [1.29, 1.82) is 0 Å². The minimum atomic E-state index is -3.75. The Morgan fingerprint density at radius 2 is 1.76 bits per heavy atom. The number of aryl methyl sites for hydroxylation is 1. The summed E-state index contributed by atoms with van der Waals surface area (Å²) in [5, 5.41) is 0. The Bertz CT molecular complexity index is 1310. The quantitative estimate of drug-likeness (QED) is 0.506. The standard InChI is InChI=1S/C27H28N2O4S/c1-19-8-11-23(12-9-19)34(31,32)29-18-22-14-15-28(17-20-6-4-3-5-7-20)26(22)24-16-21(27(30)33-2)10-13-25(24)29/h3-13,16,22,26H,14-15,17-18H2,1-2H3/t22-,26-/m0/s1. The third kappa shape index (κ3) is 3.99. The zero-order valence-corrected chi connectivity index (χ0v) is 20.2. The minimum absolute atomic E-state index is 0.0317. The van der Waals surface area contributed by atoms with Gasteiger partial charge in [0, 0.05) is 19.1 Å². The molecule has 7 heteroatoms. The van der Waals surface area contributed by atoms with E-state index in [9.17, 15) is 13.2 Å². The number of hydrogen-bond donors (Lipinski definition) is 0. The number of hydrogen-bond acceptors (Lipinski definition) is 5. The van der Waals surface area contributed by atoms with Crippen LogP contribution in [-0.4, -0.2) is 39.5 Å². The predicted molar refractivity (Wildman–Crippen MR) is 131 cm³/mol. The van der Waals surface area contributed by atoms with Gasteiger partial charge in [0.2, 0.25) is 0 Å². The summed E-state index contributed by atoms with van der Waals surface area (Å²) in [6.45, 7) is 3.99. The molecule has 0 aliphatic carbocycles. The molecule has 0 radical (unpaired) electrons. The fourth-order valence-corrected chi connectivity index (χ4v) is 6.75. The molecule has 0 bridgehead atoms. The lowest BCUT2D eigenvalue weighted by Gasteiger charge is -2.40. The second-order valence-corrected chi connectivity index (χ2v) is 10.9. The molecule has 5 rings (SSSR count). The van der Waals surface area contributed by atoms with E-state index in [0.717, 1.165) is 30.6 Å². The Labute approximate surface area is 200 Å². The molecule has 2 heterocycles. The van der Waals surface area contributed by atoms with Crippen LogP contribution in [-0.2, 0) is 21.3 Å². The van der Waals surface area contributed by atoms with Crippen LogP contribution in [0.4, 0.5) is 5.69 Å². The Morgan fingerprint density at radius 1 is 1.03 bits per heavy atom. The number of methoxy groups -OCH3 is 1. The maximum Gasteiger partial charge on any atom is 0.337 e. The number of sulfonamides is 1. The molecular formula is C27H28N2O4S. The summed E-state index contributed by atoms with van der Waals surface area (Å²) in [6, 6.07) is 22.5. The topological polar surface area (TPSA) is 66.9 Å². The molecule has 1 fully saturated rings. The van der Waals surface area contributed by atoms with Gasteiger partial charge in [-0.3, -0.25) is 9.21 Å². The molecule has 2 aliphatic heterocycles. The lowest BCUT2D eigenvalue weighted by atomic mass is 9.88. The van der Waals surface area contributed by atoms with Gasteiger partial charge in [0.1, 0.15) is 0 Å². The van der Waals surface area contributed by atoms with E-state index in [1.54, 1.807) is 24.3 Å². The fourth-order valence-electron chi connectivity index (χ4n) is 5.20. The summed E-state index contributed by atoms with van der Waals surface area (Å²) in [5.41, 5.74) is 4.15. The molecule has 0 unspecified atom stereocenters. The molecule has 34 heavy (non-hydrogen) atoms. The maximum atomic E-state index is 13.7. The molecular weight excluding hydrogens is 448 g/mol. The van der Waals surface area contributed by atoms with E-state index in [2.05, 4.69) is 17.0 Å². The highest BCUT2D eigenvalue weighted by atomic mass is 32.2. The Hall–Kier alpha value is -3.16. The van der Waals surface area contributed by atoms with Crippen LogP contribution >= 0.6 is 0 Å². The highest BCUT2D eigenvalue weighted by molar-refractivity contribution is 7.92. The van der Waals surface area contributed by atoms with Crippen LogP contribution in [0.5, 0.6) is 0 Å². The Morgan fingerprint density at radius 3 is 2.47 bits per heavy atom. The maximum absolute atomic E-state index is 13.7. The second kappa shape index (κ2) is 8.89. The SMILES string of the molecule is COC(=O)c1ccc2c(c1)[C@@H]1[C@@H](CCN1Cc1ccccc1)CN2S(=O)(=O)c1ccc(C)cc1. The van der Waals surface area contributed by atoms with Crippen LogP contribution in [0.15, 0.2) is 77.7 Å². The summed E-state index contributed by atoms with van der Waals surface area (Å²) < 4.78 is 33.9. The number of nitrogens with zero attached hydrogens (tertiary/aromatic N) is 2. The zero-order chi connectivity index (χ0) is 23.9. The summed E-state index contributed by atoms with van der Waals surface area (Å²) in [6.07, 6.45) is 0.888. The molecule has 0 spiro atoms. The van der Waals surface area contributed by atoms with E-state index in [4.69, 9.17) is 4.74 Å². The lowest BCUT2D eigenvalue weighted by molar-refractivity contribution is 0.0600. The minimum Gasteiger partial charge on any atom is -0.465 e. The van der Waals surface area contributed by atoms with E-state index in [1.807, 2.05) is 43.3 Å². The average molecular weight is 477 g/mol. The first-order valence-electron chi connectivity index (χ1n) is 11.5. The fraction of sp³-hybridized carbons (Fsp3) is 0.296. The summed E-state index contributed by atoms with van der Waals surface area (Å²) in [5.74, 6) is -0.296. The number of anilines is 1. The van der Waals surface area contributed by atoms with Gasteiger partial charge in [-0.1, -0.05) is 48.0 Å². The van der Waals surface area contributed by atoms with Crippen molar-refractivity contribution >= 4 is 21.7 Å². The van der Waals surface area contributed by atoms with Gasteiger partial charge >= 0.3 is 5.97 Å². The molecule has 176 valence electrons. The van der Waals surface area contributed by atoms with Crippen LogP contribution in [0.3, 0.4) is 0 Å². The van der Waals surface area contributed by atoms with Crippen molar-refractivity contribution in [3.8, 4) is 0 Å². The first-order chi connectivity index (χ1) is 16.4. The van der Waals surface area contributed by atoms with Crippen LogP contribution in [0, 0.1) is 12.8 Å². The normalized spacial score (nSPS) is 20.0. The van der Waals surface area contributed by atoms with E-state index in [-0.39, 0.29) is 16.9 Å². The molecule has 3 aromatic carbocycles. The number of rotatable bonds is 5. The largest absolute Gasteiger partial charge is 0.465 e. The highest BCUT2D eigenvalue weighted by Crippen LogP contribution is 2.48. The van der Waals surface area contributed by atoms with Crippen molar-refractivity contribution in [1.82, 2.24) is 4.90 Å². The van der Waals surface area contributed by atoms with E-state index >= 15 is 0 Å². The van der Waals surface area contributed by atoms with Gasteiger partial charge in [-0.15, -0.1) is 0 Å². The predicted octanol–water partition coefficient (Wildman–Crippen LogP) is 4.55. The van der Waals surface area contributed by atoms with Crippen molar-refractivity contribution < 1.29 is 17.9 Å². The van der Waals surface area contributed by atoms with Gasteiger partial charge in [-0.05, 0) is 67.3 Å². The van der Waals surface area contributed by atoms with Crippen LogP contribution in [0.2, 0.25) is 0 Å². The number of fused-ring (bicyclic) bond motifs is 3.